The Hall–Kier alpha value is -2.25. The fraction of sp³-hybridized carbons (Fsp3) is 0.550. The monoisotopic (exact) mass is 373 g/mol. The standard InChI is InChI=1S/C20H27N3O4/c1-3-20(4-2,12-21)22-17(24)13-7-8-15-16(10-13)19(26)23(18(15)25)11-14-6-5-9-27-14/h7-8,10,14H,3-6,9,11-12,21H2,1-2H3,(H,22,24). The first kappa shape index (κ1) is 19.5. The molecule has 0 aromatic heterocycles. The molecule has 1 unspecified atom stereocenters. The van der Waals surface area contributed by atoms with Crippen LogP contribution in [0.15, 0.2) is 18.2 Å². The van der Waals surface area contributed by atoms with E-state index in [-0.39, 0.29) is 35.9 Å². The molecule has 1 fully saturated rings. The molecule has 0 aliphatic carbocycles. The smallest absolute Gasteiger partial charge is 0.261 e. The molecule has 2 aliphatic heterocycles. The molecule has 1 aromatic carbocycles. The Morgan fingerprint density at radius 3 is 2.56 bits per heavy atom. The van der Waals surface area contributed by atoms with Gasteiger partial charge in [0.1, 0.15) is 0 Å². The fourth-order valence-corrected chi connectivity index (χ4v) is 3.67. The van der Waals surface area contributed by atoms with Gasteiger partial charge < -0.3 is 15.8 Å². The lowest BCUT2D eigenvalue weighted by molar-refractivity contribution is 0.0475. The molecule has 7 heteroatoms. The van der Waals surface area contributed by atoms with Crippen molar-refractivity contribution < 1.29 is 19.1 Å². The van der Waals surface area contributed by atoms with E-state index in [2.05, 4.69) is 5.32 Å². The summed E-state index contributed by atoms with van der Waals surface area (Å²) in [7, 11) is 0. The zero-order valence-corrected chi connectivity index (χ0v) is 15.9. The number of carbonyl (C=O) groups is 3. The van der Waals surface area contributed by atoms with Crippen molar-refractivity contribution in [1.29, 1.82) is 0 Å². The van der Waals surface area contributed by atoms with Crippen LogP contribution >= 0.6 is 0 Å². The number of rotatable bonds is 7. The largest absolute Gasteiger partial charge is 0.376 e. The van der Waals surface area contributed by atoms with Crippen molar-refractivity contribution in [2.24, 2.45) is 5.73 Å². The van der Waals surface area contributed by atoms with Crippen LogP contribution in [-0.2, 0) is 4.74 Å². The third-order valence-corrected chi connectivity index (χ3v) is 5.77. The summed E-state index contributed by atoms with van der Waals surface area (Å²) in [5, 5.41) is 2.99. The average Bonchev–Trinajstić information content (AvgIpc) is 3.29. The lowest BCUT2D eigenvalue weighted by Crippen LogP contribution is -2.52. The van der Waals surface area contributed by atoms with E-state index in [1.54, 1.807) is 12.1 Å². The minimum Gasteiger partial charge on any atom is -0.376 e. The highest BCUT2D eigenvalue weighted by molar-refractivity contribution is 6.22. The topological polar surface area (TPSA) is 102 Å². The maximum absolute atomic E-state index is 12.7. The van der Waals surface area contributed by atoms with Gasteiger partial charge in [-0.15, -0.1) is 0 Å². The van der Waals surface area contributed by atoms with Crippen molar-refractivity contribution in [2.45, 2.75) is 51.2 Å². The summed E-state index contributed by atoms with van der Waals surface area (Å²) in [5.74, 6) is -0.975. The van der Waals surface area contributed by atoms with E-state index >= 15 is 0 Å². The molecule has 0 bridgehead atoms. The molecule has 1 aromatic rings. The van der Waals surface area contributed by atoms with Crippen molar-refractivity contribution in [2.75, 3.05) is 19.7 Å². The molecular formula is C20H27N3O4. The number of hydrogen-bond acceptors (Lipinski definition) is 5. The number of nitrogens with zero attached hydrogens (tertiary/aromatic N) is 1. The van der Waals surface area contributed by atoms with E-state index in [1.807, 2.05) is 13.8 Å². The van der Waals surface area contributed by atoms with Crippen LogP contribution in [0, 0.1) is 0 Å². The van der Waals surface area contributed by atoms with Gasteiger partial charge >= 0.3 is 0 Å². The quantitative estimate of drug-likeness (QED) is 0.709. The number of carbonyl (C=O) groups excluding carboxylic acids is 3. The van der Waals surface area contributed by atoms with E-state index in [0.29, 0.717) is 37.1 Å². The SMILES string of the molecule is CCC(CC)(CN)NC(=O)c1ccc2c(c1)C(=O)N(CC1CCCO1)C2=O. The predicted molar refractivity (Wildman–Crippen MR) is 101 cm³/mol. The Labute approximate surface area is 159 Å². The molecule has 27 heavy (non-hydrogen) atoms. The van der Waals surface area contributed by atoms with Gasteiger partial charge in [-0.05, 0) is 43.9 Å². The molecule has 1 saturated heterocycles. The third-order valence-electron chi connectivity index (χ3n) is 5.77. The van der Waals surface area contributed by atoms with Crippen LogP contribution in [0.4, 0.5) is 0 Å². The van der Waals surface area contributed by atoms with Crippen LogP contribution in [-0.4, -0.2) is 54.0 Å². The van der Waals surface area contributed by atoms with Crippen LogP contribution in [0.1, 0.15) is 70.6 Å². The number of imide groups is 1. The molecule has 2 aliphatic rings. The molecule has 7 nitrogen and oxygen atoms in total. The lowest BCUT2D eigenvalue weighted by Gasteiger charge is -2.31. The van der Waals surface area contributed by atoms with E-state index in [0.717, 1.165) is 12.8 Å². The Morgan fingerprint density at radius 1 is 1.26 bits per heavy atom. The van der Waals surface area contributed by atoms with Gasteiger partial charge in [0, 0.05) is 18.7 Å². The minimum absolute atomic E-state index is 0.103. The fourth-order valence-electron chi connectivity index (χ4n) is 3.67. The molecule has 0 spiro atoms. The highest BCUT2D eigenvalue weighted by Crippen LogP contribution is 2.26. The number of ether oxygens (including phenoxy) is 1. The number of hydrogen-bond donors (Lipinski definition) is 2. The van der Waals surface area contributed by atoms with E-state index in [4.69, 9.17) is 10.5 Å². The molecular weight excluding hydrogens is 346 g/mol. The number of fused-ring (bicyclic) bond motifs is 1. The summed E-state index contributed by atoms with van der Waals surface area (Å²) in [6.07, 6.45) is 3.10. The summed E-state index contributed by atoms with van der Waals surface area (Å²) in [6, 6.07) is 4.65. The molecule has 3 amide bonds. The van der Waals surface area contributed by atoms with Crippen molar-refractivity contribution in [3.63, 3.8) is 0 Å². The summed E-state index contributed by atoms with van der Waals surface area (Å²) < 4.78 is 5.54. The Balaban J connectivity index is 1.80. The van der Waals surface area contributed by atoms with Gasteiger partial charge in [0.2, 0.25) is 0 Å². The van der Waals surface area contributed by atoms with Gasteiger partial charge in [-0.1, -0.05) is 13.8 Å². The first-order valence-electron chi connectivity index (χ1n) is 9.59. The van der Waals surface area contributed by atoms with Crippen molar-refractivity contribution in [1.82, 2.24) is 10.2 Å². The van der Waals surface area contributed by atoms with Gasteiger partial charge in [-0.25, -0.2) is 0 Å². The van der Waals surface area contributed by atoms with Gasteiger partial charge in [0.05, 0.1) is 29.3 Å². The zero-order chi connectivity index (χ0) is 19.6. The normalized spacial score (nSPS) is 19.5. The van der Waals surface area contributed by atoms with Crippen LogP contribution in [0.5, 0.6) is 0 Å². The second-order valence-corrected chi connectivity index (χ2v) is 7.26. The second-order valence-electron chi connectivity index (χ2n) is 7.26. The highest BCUT2D eigenvalue weighted by atomic mass is 16.5. The number of nitrogens with one attached hydrogen (secondary N) is 1. The van der Waals surface area contributed by atoms with Crippen LogP contribution in [0.3, 0.4) is 0 Å². The molecule has 3 rings (SSSR count). The van der Waals surface area contributed by atoms with Crippen molar-refractivity contribution in [3.8, 4) is 0 Å². The van der Waals surface area contributed by atoms with Gasteiger partial charge in [-0.3, -0.25) is 19.3 Å². The Morgan fingerprint density at radius 2 is 1.96 bits per heavy atom. The van der Waals surface area contributed by atoms with Gasteiger partial charge in [-0.2, -0.15) is 0 Å². The number of benzene rings is 1. The summed E-state index contributed by atoms with van der Waals surface area (Å²) in [4.78, 5) is 39.2. The molecule has 1 atom stereocenters. The molecule has 146 valence electrons. The molecule has 0 radical (unpaired) electrons. The van der Waals surface area contributed by atoms with Crippen LogP contribution < -0.4 is 11.1 Å². The maximum atomic E-state index is 12.7. The Bertz CT molecular complexity index is 743. The lowest BCUT2D eigenvalue weighted by atomic mass is 9.92. The number of amides is 3. The Kier molecular flexibility index (Phi) is 5.62. The third kappa shape index (κ3) is 3.61. The van der Waals surface area contributed by atoms with Gasteiger partial charge in [0.25, 0.3) is 17.7 Å². The maximum Gasteiger partial charge on any atom is 0.261 e. The van der Waals surface area contributed by atoms with E-state index in [1.165, 1.54) is 11.0 Å². The van der Waals surface area contributed by atoms with Crippen LogP contribution in [0.25, 0.3) is 0 Å². The summed E-state index contributed by atoms with van der Waals surface area (Å²) in [6.45, 7) is 5.21. The second kappa shape index (κ2) is 7.78. The first-order chi connectivity index (χ1) is 12.9. The van der Waals surface area contributed by atoms with E-state index in [9.17, 15) is 14.4 Å². The van der Waals surface area contributed by atoms with Crippen LogP contribution in [0.2, 0.25) is 0 Å². The minimum atomic E-state index is -0.470. The van der Waals surface area contributed by atoms with Crippen molar-refractivity contribution >= 4 is 17.7 Å². The summed E-state index contributed by atoms with van der Waals surface area (Å²) >= 11 is 0. The molecule has 3 N–H and O–H groups in total. The first-order valence-corrected chi connectivity index (χ1v) is 9.59. The highest BCUT2D eigenvalue weighted by Gasteiger charge is 2.38. The van der Waals surface area contributed by atoms with Crippen molar-refractivity contribution in [3.05, 3.63) is 34.9 Å². The molecule has 0 saturated carbocycles. The zero-order valence-electron chi connectivity index (χ0n) is 15.9. The van der Waals surface area contributed by atoms with E-state index < -0.39 is 5.54 Å². The predicted octanol–water partition coefficient (Wildman–Crippen LogP) is 1.71. The average molecular weight is 373 g/mol. The molecule has 2 heterocycles. The number of nitrogens with two attached hydrogens (primary N) is 1. The van der Waals surface area contributed by atoms with Gasteiger partial charge in [0.15, 0.2) is 0 Å². The summed E-state index contributed by atoms with van der Waals surface area (Å²) in [5.41, 5.74) is 6.35.